The van der Waals surface area contributed by atoms with Gasteiger partial charge in [0.1, 0.15) is 12.6 Å². The van der Waals surface area contributed by atoms with E-state index in [2.05, 4.69) is 6.07 Å². The van der Waals surface area contributed by atoms with Crippen LogP contribution >= 0.6 is 0 Å². The van der Waals surface area contributed by atoms with Crippen molar-refractivity contribution in [2.45, 2.75) is 25.8 Å². The van der Waals surface area contributed by atoms with Crippen LogP contribution in [-0.4, -0.2) is 35.8 Å². The Kier molecular flexibility index (Phi) is 5.33. The number of nitrogens with zero attached hydrogens (tertiary/aromatic N) is 3. The maximum Gasteiger partial charge on any atom is 0.246 e. The molecule has 1 unspecified atom stereocenters. The van der Waals surface area contributed by atoms with Crippen LogP contribution in [0.1, 0.15) is 24.5 Å². The summed E-state index contributed by atoms with van der Waals surface area (Å²) in [6.45, 7) is 2.24. The van der Waals surface area contributed by atoms with Crippen molar-refractivity contribution in [1.82, 2.24) is 4.90 Å². The van der Waals surface area contributed by atoms with Crippen LogP contribution in [-0.2, 0) is 16.0 Å². The number of para-hydroxylation sites is 1. The molecular weight excluding hydrogens is 326 g/mol. The monoisotopic (exact) mass is 347 g/mol. The second-order valence-corrected chi connectivity index (χ2v) is 6.35. The zero-order valence-corrected chi connectivity index (χ0v) is 14.8. The van der Waals surface area contributed by atoms with Gasteiger partial charge in [-0.15, -0.1) is 0 Å². The molecule has 1 saturated heterocycles. The van der Waals surface area contributed by atoms with Crippen LogP contribution in [0.2, 0.25) is 0 Å². The van der Waals surface area contributed by atoms with Gasteiger partial charge in [-0.25, -0.2) is 0 Å². The summed E-state index contributed by atoms with van der Waals surface area (Å²) in [5.41, 5.74) is 2.20. The Bertz CT molecular complexity index is 842. The van der Waals surface area contributed by atoms with E-state index >= 15 is 0 Å². The third kappa shape index (κ3) is 3.60. The van der Waals surface area contributed by atoms with Gasteiger partial charge in [-0.05, 0) is 24.1 Å². The molecule has 0 spiro atoms. The Morgan fingerprint density at radius 3 is 2.54 bits per heavy atom. The number of carbonyl (C=O) groups is 2. The average molecular weight is 347 g/mol. The predicted molar refractivity (Wildman–Crippen MR) is 99.4 cm³/mol. The van der Waals surface area contributed by atoms with Gasteiger partial charge >= 0.3 is 0 Å². The molecule has 0 bridgehead atoms. The molecule has 1 aliphatic heterocycles. The van der Waals surface area contributed by atoms with Crippen molar-refractivity contribution >= 4 is 17.5 Å². The summed E-state index contributed by atoms with van der Waals surface area (Å²) in [4.78, 5) is 28.4. The molecule has 5 nitrogen and oxygen atoms in total. The third-order valence-corrected chi connectivity index (χ3v) is 4.69. The van der Waals surface area contributed by atoms with Gasteiger partial charge in [0, 0.05) is 13.0 Å². The van der Waals surface area contributed by atoms with E-state index in [0.29, 0.717) is 30.6 Å². The fourth-order valence-electron chi connectivity index (χ4n) is 3.36. The Hall–Kier alpha value is -3.13. The minimum Gasteiger partial charge on any atom is -0.328 e. The molecule has 1 aliphatic rings. The predicted octanol–water partition coefficient (Wildman–Crippen LogP) is 2.75. The van der Waals surface area contributed by atoms with Crippen LogP contribution in [0.25, 0.3) is 0 Å². The van der Waals surface area contributed by atoms with E-state index < -0.39 is 0 Å². The summed E-state index contributed by atoms with van der Waals surface area (Å²) in [5.74, 6) is -0.175. The van der Waals surface area contributed by atoms with E-state index in [1.165, 1.54) is 0 Å². The summed E-state index contributed by atoms with van der Waals surface area (Å²) in [6, 6.07) is 19.1. The summed E-state index contributed by atoms with van der Waals surface area (Å²) >= 11 is 0. The second-order valence-electron chi connectivity index (χ2n) is 6.35. The summed E-state index contributed by atoms with van der Waals surface area (Å²) in [6.07, 6.45) is 1.04. The van der Waals surface area contributed by atoms with Gasteiger partial charge in [0.15, 0.2) is 0 Å². The highest BCUT2D eigenvalue weighted by molar-refractivity contribution is 5.99. The van der Waals surface area contributed by atoms with E-state index in [4.69, 9.17) is 0 Å². The molecule has 2 aromatic rings. The quantitative estimate of drug-likeness (QED) is 0.854. The lowest BCUT2D eigenvalue weighted by atomic mass is 10.00. The number of anilines is 1. The standard InChI is InChI=1S/C21H21N3O2/c1-2-20(25)23-15-21(26)24(19-11-7-6-10-17(19)13-22)14-18(23)12-16-8-4-3-5-9-16/h3-11,18H,2,12,14-15H2,1H3. The molecule has 0 saturated carbocycles. The average Bonchev–Trinajstić information content (AvgIpc) is 2.69. The van der Waals surface area contributed by atoms with E-state index in [0.717, 1.165) is 5.56 Å². The van der Waals surface area contributed by atoms with Crippen molar-refractivity contribution in [2.24, 2.45) is 0 Å². The fourth-order valence-corrected chi connectivity index (χ4v) is 3.36. The lowest BCUT2D eigenvalue weighted by Crippen LogP contribution is -2.59. The van der Waals surface area contributed by atoms with Crippen LogP contribution in [0, 0.1) is 11.3 Å². The van der Waals surface area contributed by atoms with Crippen molar-refractivity contribution in [2.75, 3.05) is 18.0 Å². The van der Waals surface area contributed by atoms with Gasteiger partial charge in [-0.1, -0.05) is 49.4 Å². The Balaban J connectivity index is 1.92. The number of carbonyl (C=O) groups excluding carboxylic acids is 2. The summed E-state index contributed by atoms with van der Waals surface area (Å²) in [5, 5.41) is 9.36. The first-order valence-electron chi connectivity index (χ1n) is 8.77. The molecular formula is C21H21N3O2. The molecule has 1 atom stereocenters. The normalized spacial score (nSPS) is 17.1. The minimum atomic E-state index is -0.154. The molecule has 0 aromatic heterocycles. The number of nitriles is 1. The van der Waals surface area contributed by atoms with Gasteiger partial charge in [0.2, 0.25) is 11.8 Å². The zero-order valence-electron chi connectivity index (χ0n) is 14.8. The number of rotatable bonds is 4. The Morgan fingerprint density at radius 2 is 1.85 bits per heavy atom. The van der Waals surface area contributed by atoms with Crippen molar-refractivity contribution in [3.8, 4) is 6.07 Å². The van der Waals surface area contributed by atoms with Crippen LogP contribution < -0.4 is 4.90 Å². The third-order valence-electron chi connectivity index (χ3n) is 4.69. The van der Waals surface area contributed by atoms with Gasteiger partial charge in [0.25, 0.3) is 0 Å². The minimum absolute atomic E-state index is 0.0208. The second kappa shape index (κ2) is 7.83. The molecule has 0 aliphatic carbocycles. The van der Waals surface area contributed by atoms with Crippen LogP contribution in [0.15, 0.2) is 54.6 Å². The number of hydrogen-bond acceptors (Lipinski definition) is 3. The summed E-state index contributed by atoms with van der Waals surface area (Å²) in [7, 11) is 0. The van der Waals surface area contributed by atoms with Crippen LogP contribution in [0.4, 0.5) is 5.69 Å². The highest BCUT2D eigenvalue weighted by atomic mass is 16.2. The molecule has 5 heteroatoms. The molecule has 2 amide bonds. The highest BCUT2D eigenvalue weighted by Gasteiger charge is 2.35. The zero-order chi connectivity index (χ0) is 18.5. The molecule has 1 heterocycles. The fraction of sp³-hybridized carbons (Fsp3) is 0.286. The first-order valence-corrected chi connectivity index (χ1v) is 8.77. The van der Waals surface area contributed by atoms with Gasteiger partial charge < -0.3 is 9.80 Å². The van der Waals surface area contributed by atoms with Gasteiger partial charge in [-0.3, -0.25) is 9.59 Å². The van der Waals surface area contributed by atoms with E-state index in [1.54, 1.807) is 28.0 Å². The molecule has 0 N–H and O–H groups in total. The van der Waals surface area contributed by atoms with Gasteiger partial charge in [0.05, 0.1) is 17.3 Å². The molecule has 3 rings (SSSR count). The largest absolute Gasteiger partial charge is 0.328 e. The molecule has 26 heavy (non-hydrogen) atoms. The topological polar surface area (TPSA) is 64.4 Å². The molecule has 0 radical (unpaired) electrons. The lowest BCUT2D eigenvalue weighted by molar-refractivity contribution is -0.139. The smallest absolute Gasteiger partial charge is 0.246 e. The first kappa shape index (κ1) is 17.7. The number of benzene rings is 2. The number of amides is 2. The molecule has 2 aromatic carbocycles. The lowest BCUT2D eigenvalue weighted by Gasteiger charge is -2.41. The first-order chi connectivity index (χ1) is 12.6. The Morgan fingerprint density at radius 1 is 1.15 bits per heavy atom. The van der Waals surface area contributed by atoms with Gasteiger partial charge in [-0.2, -0.15) is 5.26 Å². The summed E-state index contributed by atoms with van der Waals surface area (Å²) < 4.78 is 0. The maximum atomic E-state index is 12.7. The van der Waals surface area contributed by atoms with Crippen LogP contribution in [0.3, 0.4) is 0 Å². The SMILES string of the molecule is CCC(=O)N1CC(=O)N(c2ccccc2C#N)CC1Cc1ccccc1. The number of piperazine rings is 1. The molecule has 1 fully saturated rings. The van der Waals surface area contributed by atoms with Crippen LogP contribution in [0.5, 0.6) is 0 Å². The number of hydrogen-bond donors (Lipinski definition) is 0. The van der Waals surface area contributed by atoms with Crippen molar-refractivity contribution in [1.29, 1.82) is 5.26 Å². The van der Waals surface area contributed by atoms with E-state index in [1.807, 2.05) is 43.3 Å². The highest BCUT2D eigenvalue weighted by Crippen LogP contribution is 2.25. The Labute approximate surface area is 153 Å². The van der Waals surface area contributed by atoms with Crippen molar-refractivity contribution in [3.05, 3.63) is 65.7 Å². The molecule has 132 valence electrons. The maximum absolute atomic E-state index is 12.7. The van der Waals surface area contributed by atoms with Crippen molar-refractivity contribution < 1.29 is 9.59 Å². The van der Waals surface area contributed by atoms with Crippen molar-refractivity contribution in [3.63, 3.8) is 0 Å². The van der Waals surface area contributed by atoms with E-state index in [-0.39, 0.29) is 24.4 Å². The van der Waals surface area contributed by atoms with E-state index in [9.17, 15) is 14.9 Å².